The minimum absolute atomic E-state index is 0.207. The highest BCUT2D eigenvalue weighted by molar-refractivity contribution is 6.63. The lowest BCUT2D eigenvalue weighted by atomic mass is 10.2. The van der Waals surface area contributed by atoms with Crippen molar-refractivity contribution in [1.29, 1.82) is 0 Å². The quantitative estimate of drug-likeness (QED) is 0.669. The summed E-state index contributed by atoms with van der Waals surface area (Å²) in [5, 5.41) is -0.387. The van der Waals surface area contributed by atoms with Gasteiger partial charge in [0.15, 0.2) is 0 Å². The van der Waals surface area contributed by atoms with E-state index < -0.39 is 0 Å². The van der Waals surface area contributed by atoms with Crippen molar-refractivity contribution in [3.63, 3.8) is 0 Å². The van der Waals surface area contributed by atoms with Crippen molar-refractivity contribution in [3.8, 4) is 5.88 Å². The molecule has 1 aromatic heterocycles. The maximum absolute atomic E-state index is 10.5. The first kappa shape index (κ1) is 9.00. The molecule has 0 spiro atoms. The van der Waals surface area contributed by atoms with Gasteiger partial charge in [-0.3, -0.25) is 4.79 Å². The number of pyridine rings is 1. The molecule has 1 heterocycles. The van der Waals surface area contributed by atoms with E-state index in [-0.39, 0.29) is 11.7 Å². The minimum atomic E-state index is -0.387. The van der Waals surface area contributed by atoms with E-state index in [9.17, 15) is 4.79 Å². The lowest BCUT2D eigenvalue weighted by Gasteiger charge is -1.98. The van der Waals surface area contributed by atoms with Crippen molar-refractivity contribution in [2.45, 2.75) is 6.42 Å². The van der Waals surface area contributed by atoms with Crippen molar-refractivity contribution in [2.75, 3.05) is 7.11 Å². The fourth-order valence-electron chi connectivity index (χ4n) is 0.797. The van der Waals surface area contributed by atoms with Crippen LogP contribution in [-0.4, -0.2) is 17.3 Å². The highest BCUT2D eigenvalue weighted by Gasteiger charge is 1.99. The number of aromatic nitrogens is 1. The third kappa shape index (κ3) is 2.51. The highest BCUT2D eigenvalue weighted by Crippen LogP contribution is 2.07. The van der Waals surface area contributed by atoms with Crippen LogP contribution in [0.3, 0.4) is 0 Å². The van der Waals surface area contributed by atoms with Crippen molar-refractivity contribution in [1.82, 2.24) is 4.98 Å². The van der Waals surface area contributed by atoms with Crippen molar-refractivity contribution < 1.29 is 9.53 Å². The minimum Gasteiger partial charge on any atom is -0.481 e. The zero-order valence-corrected chi connectivity index (χ0v) is 7.34. The Labute approximate surface area is 75.3 Å². The molecule has 0 unspecified atom stereocenters. The molecule has 1 aromatic rings. The van der Waals surface area contributed by atoms with Gasteiger partial charge in [-0.2, -0.15) is 0 Å². The van der Waals surface area contributed by atoms with Crippen LogP contribution in [0.1, 0.15) is 5.56 Å². The summed E-state index contributed by atoms with van der Waals surface area (Å²) in [6.45, 7) is 0. The van der Waals surface area contributed by atoms with Gasteiger partial charge in [0.05, 0.1) is 7.11 Å². The van der Waals surface area contributed by atoms with Gasteiger partial charge < -0.3 is 4.74 Å². The van der Waals surface area contributed by atoms with Gasteiger partial charge in [0.25, 0.3) is 0 Å². The third-order valence-corrected chi connectivity index (χ3v) is 1.48. The normalized spacial score (nSPS) is 9.50. The molecule has 0 radical (unpaired) electrons. The molecule has 0 amide bonds. The summed E-state index contributed by atoms with van der Waals surface area (Å²) in [4.78, 5) is 14.4. The molecule has 1 rings (SSSR count). The first-order valence-electron chi connectivity index (χ1n) is 3.39. The van der Waals surface area contributed by atoms with Gasteiger partial charge >= 0.3 is 0 Å². The topological polar surface area (TPSA) is 39.2 Å². The predicted octanol–water partition coefficient (Wildman–Crippen LogP) is 1.40. The summed E-state index contributed by atoms with van der Waals surface area (Å²) in [5.74, 6) is 0.528. The summed E-state index contributed by atoms with van der Waals surface area (Å²) in [5.41, 5.74) is 0.788. The first-order valence-corrected chi connectivity index (χ1v) is 3.77. The molecule has 4 heteroatoms. The zero-order chi connectivity index (χ0) is 8.97. The standard InChI is InChI=1S/C8H8ClNO2/c1-12-8-3-2-6(5-10-8)4-7(9)11/h2-3,5H,4H2,1H3. The van der Waals surface area contributed by atoms with Crippen LogP contribution in [0.5, 0.6) is 5.88 Å². The molecule has 0 aliphatic rings. The second kappa shape index (κ2) is 4.07. The molecule has 64 valence electrons. The molecule has 0 aromatic carbocycles. The third-order valence-electron chi connectivity index (χ3n) is 1.35. The summed E-state index contributed by atoms with van der Waals surface area (Å²) in [6.07, 6.45) is 1.78. The van der Waals surface area contributed by atoms with Crippen LogP contribution >= 0.6 is 11.6 Å². The molecule has 0 N–H and O–H groups in total. The van der Waals surface area contributed by atoms with Crippen molar-refractivity contribution in [3.05, 3.63) is 23.9 Å². The maximum Gasteiger partial charge on any atom is 0.226 e. The number of rotatable bonds is 3. The van der Waals surface area contributed by atoms with Crippen LogP contribution in [0, 0.1) is 0 Å². The van der Waals surface area contributed by atoms with Gasteiger partial charge in [0.2, 0.25) is 11.1 Å². The van der Waals surface area contributed by atoms with Gasteiger partial charge in [0.1, 0.15) is 0 Å². The number of ether oxygens (including phenoxy) is 1. The molecule has 3 nitrogen and oxygen atoms in total. The summed E-state index contributed by atoms with van der Waals surface area (Å²) >= 11 is 5.19. The predicted molar refractivity (Wildman–Crippen MR) is 45.4 cm³/mol. The molecule has 0 aliphatic heterocycles. The Morgan fingerprint density at radius 2 is 2.42 bits per heavy atom. The number of hydrogen-bond acceptors (Lipinski definition) is 3. The van der Waals surface area contributed by atoms with Gasteiger partial charge in [-0.15, -0.1) is 0 Å². The lowest BCUT2D eigenvalue weighted by Crippen LogP contribution is -1.95. The molecule has 0 bridgehead atoms. The molecule has 0 saturated heterocycles. The average molecular weight is 186 g/mol. The fraction of sp³-hybridized carbons (Fsp3) is 0.250. The SMILES string of the molecule is COc1ccc(CC(=O)Cl)cn1. The second-order valence-electron chi connectivity index (χ2n) is 2.24. The Morgan fingerprint density at radius 3 is 2.83 bits per heavy atom. The Kier molecular flexibility index (Phi) is 3.05. The van der Waals surface area contributed by atoms with Gasteiger partial charge in [-0.25, -0.2) is 4.98 Å². The number of carbonyl (C=O) groups excluding carboxylic acids is 1. The Balaban J connectivity index is 2.71. The number of methoxy groups -OCH3 is 1. The van der Waals surface area contributed by atoms with E-state index in [1.54, 1.807) is 18.3 Å². The number of halogens is 1. The van der Waals surface area contributed by atoms with Gasteiger partial charge in [0, 0.05) is 18.7 Å². The van der Waals surface area contributed by atoms with Crippen LogP contribution in [-0.2, 0) is 11.2 Å². The zero-order valence-electron chi connectivity index (χ0n) is 6.58. The van der Waals surface area contributed by atoms with Crippen LogP contribution in [0.25, 0.3) is 0 Å². The smallest absolute Gasteiger partial charge is 0.226 e. The fourth-order valence-corrected chi connectivity index (χ4v) is 0.951. The lowest BCUT2D eigenvalue weighted by molar-refractivity contribution is -0.111. The van der Waals surface area contributed by atoms with E-state index >= 15 is 0 Å². The summed E-state index contributed by atoms with van der Waals surface area (Å²) in [7, 11) is 1.54. The molecular formula is C8H8ClNO2. The summed E-state index contributed by atoms with van der Waals surface area (Å²) < 4.78 is 4.85. The first-order chi connectivity index (χ1) is 5.72. The molecule has 0 saturated carbocycles. The van der Waals surface area contributed by atoms with Gasteiger partial charge in [-0.05, 0) is 17.2 Å². The Bertz CT molecular complexity index is 271. The van der Waals surface area contributed by atoms with Crippen LogP contribution < -0.4 is 4.74 Å². The van der Waals surface area contributed by atoms with Crippen LogP contribution in [0.2, 0.25) is 0 Å². The molecule has 12 heavy (non-hydrogen) atoms. The van der Waals surface area contributed by atoms with E-state index in [1.807, 2.05) is 0 Å². The molecule has 0 aliphatic carbocycles. The second-order valence-corrected chi connectivity index (χ2v) is 2.66. The summed E-state index contributed by atoms with van der Waals surface area (Å²) in [6, 6.07) is 3.45. The average Bonchev–Trinajstić information content (AvgIpc) is 2.05. The highest BCUT2D eigenvalue weighted by atomic mass is 35.5. The largest absolute Gasteiger partial charge is 0.481 e. The number of carbonyl (C=O) groups is 1. The van der Waals surface area contributed by atoms with Crippen LogP contribution in [0.4, 0.5) is 0 Å². The van der Waals surface area contributed by atoms with Gasteiger partial charge in [-0.1, -0.05) is 6.07 Å². The number of hydrogen-bond donors (Lipinski definition) is 0. The maximum atomic E-state index is 10.5. The number of nitrogens with zero attached hydrogens (tertiary/aromatic N) is 1. The molecule has 0 atom stereocenters. The van der Waals surface area contributed by atoms with E-state index in [0.29, 0.717) is 5.88 Å². The molecule has 0 fully saturated rings. The monoisotopic (exact) mass is 185 g/mol. The van der Waals surface area contributed by atoms with Crippen LogP contribution in [0.15, 0.2) is 18.3 Å². The Morgan fingerprint density at radius 1 is 1.67 bits per heavy atom. The van der Waals surface area contributed by atoms with E-state index in [4.69, 9.17) is 16.3 Å². The van der Waals surface area contributed by atoms with E-state index in [1.165, 1.54) is 7.11 Å². The van der Waals surface area contributed by atoms with Crippen molar-refractivity contribution in [2.24, 2.45) is 0 Å². The van der Waals surface area contributed by atoms with E-state index in [0.717, 1.165) is 5.56 Å². The van der Waals surface area contributed by atoms with E-state index in [2.05, 4.69) is 4.98 Å². The Hall–Kier alpha value is -1.09. The molecular weight excluding hydrogens is 178 g/mol. The van der Waals surface area contributed by atoms with Crippen molar-refractivity contribution >= 4 is 16.8 Å².